The molecule has 6 nitrogen and oxygen atoms in total. The van der Waals surface area contributed by atoms with Gasteiger partial charge in [0.25, 0.3) is 5.91 Å². The van der Waals surface area contributed by atoms with Crippen molar-refractivity contribution in [2.75, 3.05) is 18.5 Å². The Balaban J connectivity index is 1.59. The first-order valence-corrected chi connectivity index (χ1v) is 8.95. The lowest BCUT2D eigenvalue weighted by Gasteiger charge is -2.19. The van der Waals surface area contributed by atoms with E-state index < -0.39 is 18.0 Å². The van der Waals surface area contributed by atoms with Gasteiger partial charge < -0.3 is 19.5 Å². The molecule has 1 aliphatic rings. The van der Waals surface area contributed by atoms with E-state index in [9.17, 15) is 9.59 Å². The van der Waals surface area contributed by atoms with Crippen molar-refractivity contribution in [2.24, 2.45) is 0 Å². The molecule has 1 heterocycles. The summed E-state index contributed by atoms with van der Waals surface area (Å²) < 4.78 is 16.2. The monoisotopic (exact) mass is 369 g/mol. The molecule has 142 valence electrons. The van der Waals surface area contributed by atoms with Crippen LogP contribution in [-0.4, -0.2) is 31.2 Å². The lowest BCUT2D eigenvalue weighted by atomic mass is 10.0. The number of benzene rings is 2. The van der Waals surface area contributed by atoms with Crippen LogP contribution in [0, 0.1) is 0 Å². The molecule has 0 bridgehead atoms. The Morgan fingerprint density at radius 2 is 1.63 bits per heavy atom. The number of amides is 1. The maximum absolute atomic E-state index is 12.3. The fourth-order valence-electron chi connectivity index (χ4n) is 2.65. The van der Waals surface area contributed by atoms with Gasteiger partial charge in [0.1, 0.15) is 13.2 Å². The molecule has 0 saturated heterocycles. The topological polar surface area (TPSA) is 73.9 Å². The van der Waals surface area contributed by atoms with Crippen LogP contribution < -0.4 is 14.8 Å². The van der Waals surface area contributed by atoms with Crippen LogP contribution in [-0.2, 0) is 9.53 Å². The summed E-state index contributed by atoms with van der Waals surface area (Å²) in [7, 11) is 0. The second-order valence-corrected chi connectivity index (χ2v) is 6.67. The van der Waals surface area contributed by atoms with Crippen molar-refractivity contribution in [1.82, 2.24) is 0 Å². The number of carbonyl (C=O) groups is 2. The van der Waals surface area contributed by atoms with Crippen LogP contribution in [0.1, 0.15) is 42.6 Å². The third-order valence-electron chi connectivity index (χ3n) is 4.28. The maximum Gasteiger partial charge on any atom is 0.338 e. The van der Waals surface area contributed by atoms with E-state index in [-0.39, 0.29) is 0 Å². The highest BCUT2D eigenvalue weighted by Crippen LogP contribution is 2.32. The number of hydrogen-bond acceptors (Lipinski definition) is 5. The fraction of sp³-hybridized carbons (Fsp3) is 0.333. The summed E-state index contributed by atoms with van der Waals surface area (Å²) in [5, 5.41) is 2.72. The number of ether oxygens (including phenoxy) is 3. The molecular formula is C21H23NO5. The van der Waals surface area contributed by atoms with Gasteiger partial charge in [-0.15, -0.1) is 0 Å². The standard InChI is InChI=1S/C21H23NO5/c1-13(2)15-4-6-16(7-5-15)21(24)27-14(3)20(23)22-17-8-9-18-19(12-17)26-11-10-25-18/h4-9,12-14H,10-11H2,1-3H3,(H,22,23)/t14-/m0/s1. The third kappa shape index (κ3) is 4.58. The molecule has 27 heavy (non-hydrogen) atoms. The van der Waals surface area contributed by atoms with Crippen LogP contribution in [0.15, 0.2) is 42.5 Å². The molecule has 6 heteroatoms. The normalized spacial score (nSPS) is 13.8. The minimum atomic E-state index is -0.935. The fourth-order valence-corrected chi connectivity index (χ4v) is 2.65. The third-order valence-corrected chi connectivity index (χ3v) is 4.28. The summed E-state index contributed by atoms with van der Waals surface area (Å²) in [4.78, 5) is 24.6. The first-order valence-electron chi connectivity index (χ1n) is 8.95. The molecule has 2 aromatic rings. The minimum Gasteiger partial charge on any atom is -0.486 e. The molecule has 0 unspecified atom stereocenters. The van der Waals surface area contributed by atoms with Crippen molar-refractivity contribution in [3.8, 4) is 11.5 Å². The van der Waals surface area contributed by atoms with Gasteiger partial charge in [-0.05, 0) is 42.7 Å². The molecule has 1 aliphatic heterocycles. The SMILES string of the molecule is CC(C)c1ccc(C(=O)O[C@@H](C)C(=O)Nc2ccc3c(c2)OCCO3)cc1. The highest BCUT2D eigenvalue weighted by atomic mass is 16.6. The van der Waals surface area contributed by atoms with Gasteiger partial charge in [-0.25, -0.2) is 4.79 Å². The van der Waals surface area contributed by atoms with E-state index in [2.05, 4.69) is 19.2 Å². The minimum absolute atomic E-state index is 0.380. The first-order chi connectivity index (χ1) is 12.9. The Labute approximate surface area is 158 Å². The molecule has 0 radical (unpaired) electrons. The average molecular weight is 369 g/mol. The maximum atomic E-state index is 12.3. The Kier molecular flexibility index (Phi) is 5.64. The van der Waals surface area contributed by atoms with Gasteiger partial charge in [0.2, 0.25) is 0 Å². The Morgan fingerprint density at radius 3 is 2.30 bits per heavy atom. The van der Waals surface area contributed by atoms with Crippen LogP contribution in [0.5, 0.6) is 11.5 Å². The van der Waals surface area contributed by atoms with E-state index in [1.165, 1.54) is 6.92 Å². The van der Waals surface area contributed by atoms with Crippen molar-refractivity contribution in [3.05, 3.63) is 53.6 Å². The van der Waals surface area contributed by atoms with Gasteiger partial charge >= 0.3 is 5.97 Å². The van der Waals surface area contributed by atoms with Crippen molar-refractivity contribution in [2.45, 2.75) is 32.8 Å². The number of nitrogens with one attached hydrogen (secondary N) is 1. The summed E-state index contributed by atoms with van der Waals surface area (Å²) in [5.41, 5.74) is 2.10. The van der Waals surface area contributed by atoms with Gasteiger partial charge in [-0.2, -0.15) is 0 Å². The van der Waals surface area contributed by atoms with Crippen molar-refractivity contribution in [1.29, 1.82) is 0 Å². The number of anilines is 1. The quantitative estimate of drug-likeness (QED) is 0.812. The summed E-state index contributed by atoms with van der Waals surface area (Å²) >= 11 is 0. The molecule has 0 aromatic heterocycles. The van der Waals surface area contributed by atoms with E-state index in [0.29, 0.717) is 41.9 Å². The number of hydrogen-bond donors (Lipinski definition) is 1. The largest absolute Gasteiger partial charge is 0.486 e. The van der Waals surface area contributed by atoms with E-state index in [4.69, 9.17) is 14.2 Å². The highest BCUT2D eigenvalue weighted by Gasteiger charge is 2.20. The molecule has 2 aromatic carbocycles. The Morgan fingerprint density at radius 1 is 0.963 bits per heavy atom. The molecule has 0 spiro atoms. The highest BCUT2D eigenvalue weighted by molar-refractivity contribution is 5.97. The predicted octanol–water partition coefficient (Wildman–Crippen LogP) is 3.77. The zero-order valence-electron chi connectivity index (χ0n) is 15.7. The molecule has 0 aliphatic carbocycles. The van der Waals surface area contributed by atoms with Gasteiger partial charge in [-0.3, -0.25) is 4.79 Å². The van der Waals surface area contributed by atoms with E-state index in [0.717, 1.165) is 5.56 Å². The summed E-state index contributed by atoms with van der Waals surface area (Å²) in [6.45, 7) is 6.67. The predicted molar refractivity (Wildman–Crippen MR) is 101 cm³/mol. The number of esters is 1. The van der Waals surface area contributed by atoms with E-state index >= 15 is 0 Å². The zero-order valence-corrected chi connectivity index (χ0v) is 15.7. The lowest BCUT2D eigenvalue weighted by molar-refractivity contribution is -0.123. The van der Waals surface area contributed by atoms with Gasteiger partial charge in [0.05, 0.1) is 5.56 Å². The molecule has 1 N–H and O–H groups in total. The summed E-state index contributed by atoms with van der Waals surface area (Å²) in [6.07, 6.45) is -0.935. The van der Waals surface area contributed by atoms with E-state index in [1.54, 1.807) is 30.3 Å². The van der Waals surface area contributed by atoms with Crippen LogP contribution >= 0.6 is 0 Å². The van der Waals surface area contributed by atoms with Crippen LogP contribution in [0.3, 0.4) is 0 Å². The second kappa shape index (κ2) is 8.12. The Bertz CT molecular complexity index is 829. The number of carbonyl (C=O) groups excluding carboxylic acids is 2. The molecular weight excluding hydrogens is 346 g/mol. The van der Waals surface area contributed by atoms with E-state index in [1.807, 2.05) is 12.1 Å². The van der Waals surface area contributed by atoms with Crippen LogP contribution in [0.2, 0.25) is 0 Å². The van der Waals surface area contributed by atoms with Gasteiger partial charge in [0.15, 0.2) is 17.6 Å². The Hall–Kier alpha value is -3.02. The first kappa shape index (κ1) is 18.8. The molecule has 1 amide bonds. The lowest BCUT2D eigenvalue weighted by Crippen LogP contribution is -2.30. The van der Waals surface area contributed by atoms with Crippen LogP contribution in [0.4, 0.5) is 5.69 Å². The van der Waals surface area contributed by atoms with Gasteiger partial charge in [0, 0.05) is 11.8 Å². The molecule has 0 fully saturated rings. The van der Waals surface area contributed by atoms with Crippen molar-refractivity contribution >= 4 is 17.6 Å². The molecule has 0 saturated carbocycles. The molecule has 3 rings (SSSR count). The summed E-state index contributed by atoms with van der Waals surface area (Å²) in [6, 6.07) is 12.3. The zero-order chi connectivity index (χ0) is 19.4. The smallest absolute Gasteiger partial charge is 0.338 e. The van der Waals surface area contributed by atoms with Crippen LogP contribution in [0.25, 0.3) is 0 Å². The van der Waals surface area contributed by atoms with Crippen molar-refractivity contribution < 1.29 is 23.8 Å². The second-order valence-electron chi connectivity index (χ2n) is 6.67. The van der Waals surface area contributed by atoms with Crippen molar-refractivity contribution in [3.63, 3.8) is 0 Å². The molecule has 1 atom stereocenters. The van der Waals surface area contributed by atoms with Gasteiger partial charge in [-0.1, -0.05) is 26.0 Å². The number of fused-ring (bicyclic) bond motifs is 1. The summed E-state index contributed by atoms with van der Waals surface area (Å²) in [5.74, 6) is 0.650. The number of rotatable bonds is 5. The average Bonchev–Trinajstić information content (AvgIpc) is 2.67.